The molecule has 0 radical (unpaired) electrons. The SMILES string of the molecule is c1ccc2c(-c3ncnc4c(-c5ccc6cc(-c7ncnc8ccccc78)ccc6c5)cccc34)cccc2c1. The Labute approximate surface area is 230 Å². The van der Waals surface area contributed by atoms with Crippen molar-refractivity contribution in [2.24, 2.45) is 0 Å². The maximum Gasteiger partial charge on any atom is 0.116 e. The van der Waals surface area contributed by atoms with Crippen LogP contribution in [0.15, 0.2) is 134 Å². The van der Waals surface area contributed by atoms with E-state index in [1.165, 1.54) is 16.2 Å². The molecule has 0 saturated carbocycles. The summed E-state index contributed by atoms with van der Waals surface area (Å²) in [6.07, 6.45) is 3.32. The first-order valence-corrected chi connectivity index (χ1v) is 13.3. The third kappa shape index (κ3) is 3.62. The minimum Gasteiger partial charge on any atom is -0.236 e. The number of hydrogen-bond acceptors (Lipinski definition) is 4. The average molecular weight is 511 g/mol. The highest BCUT2D eigenvalue weighted by atomic mass is 14.8. The molecular formula is C36H22N4. The molecule has 2 heterocycles. The molecule has 40 heavy (non-hydrogen) atoms. The maximum atomic E-state index is 4.76. The summed E-state index contributed by atoms with van der Waals surface area (Å²) in [5.41, 5.74) is 8.21. The molecule has 0 aliphatic carbocycles. The van der Waals surface area contributed by atoms with E-state index in [-0.39, 0.29) is 0 Å². The smallest absolute Gasteiger partial charge is 0.116 e. The molecule has 0 unspecified atom stereocenters. The van der Waals surface area contributed by atoms with E-state index in [1.54, 1.807) is 12.7 Å². The first-order chi connectivity index (χ1) is 19.8. The zero-order chi connectivity index (χ0) is 26.5. The molecule has 4 nitrogen and oxygen atoms in total. The fourth-order valence-electron chi connectivity index (χ4n) is 5.76. The van der Waals surface area contributed by atoms with Crippen LogP contribution in [-0.4, -0.2) is 19.9 Å². The van der Waals surface area contributed by atoms with Crippen molar-refractivity contribution in [1.82, 2.24) is 19.9 Å². The molecule has 6 aromatic carbocycles. The number of fused-ring (bicyclic) bond motifs is 4. The van der Waals surface area contributed by atoms with Crippen molar-refractivity contribution in [1.29, 1.82) is 0 Å². The Kier molecular flexibility index (Phi) is 5.10. The molecular weight excluding hydrogens is 488 g/mol. The maximum absolute atomic E-state index is 4.76. The lowest BCUT2D eigenvalue weighted by molar-refractivity contribution is 1.23. The predicted octanol–water partition coefficient (Wildman–Crippen LogP) is 8.88. The van der Waals surface area contributed by atoms with Crippen LogP contribution < -0.4 is 0 Å². The highest BCUT2D eigenvalue weighted by molar-refractivity contribution is 6.07. The molecule has 186 valence electrons. The first-order valence-electron chi connectivity index (χ1n) is 13.3. The van der Waals surface area contributed by atoms with Crippen LogP contribution in [-0.2, 0) is 0 Å². The van der Waals surface area contributed by atoms with Crippen LogP contribution in [0.3, 0.4) is 0 Å². The summed E-state index contributed by atoms with van der Waals surface area (Å²) in [5.74, 6) is 0. The molecule has 2 aromatic heterocycles. The Morgan fingerprint density at radius 1 is 0.375 bits per heavy atom. The molecule has 0 amide bonds. The van der Waals surface area contributed by atoms with Gasteiger partial charge in [0.25, 0.3) is 0 Å². The lowest BCUT2D eigenvalue weighted by Gasteiger charge is -2.12. The van der Waals surface area contributed by atoms with Crippen molar-refractivity contribution in [3.63, 3.8) is 0 Å². The molecule has 0 bridgehead atoms. The monoisotopic (exact) mass is 510 g/mol. The van der Waals surface area contributed by atoms with E-state index >= 15 is 0 Å². The Morgan fingerprint density at radius 3 is 1.95 bits per heavy atom. The van der Waals surface area contributed by atoms with Gasteiger partial charge >= 0.3 is 0 Å². The summed E-state index contributed by atoms with van der Waals surface area (Å²) in [7, 11) is 0. The van der Waals surface area contributed by atoms with Crippen molar-refractivity contribution in [2.45, 2.75) is 0 Å². The molecule has 0 N–H and O–H groups in total. The van der Waals surface area contributed by atoms with Gasteiger partial charge in [0.1, 0.15) is 12.7 Å². The van der Waals surface area contributed by atoms with E-state index in [2.05, 4.69) is 113 Å². The molecule has 0 fully saturated rings. The molecule has 0 atom stereocenters. The summed E-state index contributed by atoms with van der Waals surface area (Å²) < 4.78 is 0. The lowest BCUT2D eigenvalue weighted by Crippen LogP contribution is -1.92. The number of nitrogens with zero attached hydrogens (tertiary/aromatic N) is 4. The van der Waals surface area contributed by atoms with Gasteiger partial charge in [0.05, 0.1) is 22.4 Å². The lowest BCUT2D eigenvalue weighted by atomic mass is 9.95. The molecule has 0 aliphatic heterocycles. The summed E-state index contributed by atoms with van der Waals surface area (Å²) in [4.78, 5) is 18.5. The van der Waals surface area contributed by atoms with Crippen LogP contribution in [0, 0.1) is 0 Å². The van der Waals surface area contributed by atoms with Crippen molar-refractivity contribution in [2.75, 3.05) is 0 Å². The second kappa shape index (κ2) is 9.07. The molecule has 4 heteroatoms. The second-order valence-electron chi connectivity index (χ2n) is 9.97. The van der Waals surface area contributed by atoms with Crippen LogP contribution in [0.4, 0.5) is 0 Å². The minimum absolute atomic E-state index is 0.947. The predicted molar refractivity (Wildman–Crippen MR) is 164 cm³/mol. The zero-order valence-corrected chi connectivity index (χ0v) is 21.5. The summed E-state index contributed by atoms with van der Waals surface area (Å²) in [6.45, 7) is 0. The number of para-hydroxylation sites is 2. The highest BCUT2D eigenvalue weighted by Gasteiger charge is 2.14. The Hall–Kier alpha value is -5.48. The van der Waals surface area contributed by atoms with Crippen LogP contribution >= 0.6 is 0 Å². The van der Waals surface area contributed by atoms with Crippen molar-refractivity contribution >= 4 is 43.4 Å². The van der Waals surface area contributed by atoms with Gasteiger partial charge in [-0.3, -0.25) is 0 Å². The Bertz CT molecular complexity index is 2230. The van der Waals surface area contributed by atoms with E-state index in [0.29, 0.717) is 0 Å². The molecule has 0 aliphatic rings. The largest absolute Gasteiger partial charge is 0.236 e. The number of aromatic nitrogens is 4. The van der Waals surface area contributed by atoms with E-state index in [0.717, 1.165) is 60.8 Å². The highest BCUT2D eigenvalue weighted by Crippen LogP contribution is 2.36. The second-order valence-corrected chi connectivity index (χ2v) is 9.97. The van der Waals surface area contributed by atoms with Crippen molar-refractivity contribution < 1.29 is 0 Å². The van der Waals surface area contributed by atoms with Gasteiger partial charge in [-0.1, -0.05) is 103 Å². The van der Waals surface area contributed by atoms with Gasteiger partial charge in [0, 0.05) is 27.5 Å². The van der Waals surface area contributed by atoms with E-state index in [9.17, 15) is 0 Å². The number of hydrogen-bond donors (Lipinski definition) is 0. The van der Waals surface area contributed by atoms with Gasteiger partial charge in [0.2, 0.25) is 0 Å². The number of rotatable bonds is 3. The van der Waals surface area contributed by atoms with Crippen molar-refractivity contribution in [3.05, 3.63) is 134 Å². The van der Waals surface area contributed by atoms with Gasteiger partial charge in [-0.15, -0.1) is 0 Å². The van der Waals surface area contributed by atoms with Crippen LogP contribution in [0.25, 0.3) is 77.0 Å². The van der Waals surface area contributed by atoms with Gasteiger partial charge in [0.15, 0.2) is 0 Å². The number of benzene rings is 6. The first kappa shape index (κ1) is 22.5. The van der Waals surface area contributed by atoms with Crippen LogP contribution in [0.5, 0.6) is 0 Å². The average Bonchev–Trinajstić information content (AvgIpc) is 3.03. The topological polar surface area (TPSA) is 51.6 Å². The molecule has 0 saturated heterocycles. The van der Waals surface area contributed by atoms with Gasteiger partial charge in [-0.2, -0.15) is 0 Å². The van der Waals surface area contributed by atoms with Gasteiger partial charge in [-0.05, 0) is 45.3 Å². The quantitative estimate of drug-likeness (QED) is 0.238. The summed E-state index contributed by atoms with van der Waals surface area (Å²) in [5, 5.41) is 6.82. The minimum atomic E-state index is 0.947. The molecule has 0 spiro atoms. The third-order valence-electron chi connectivity index (χ3n) is 7.68. The summed E-state index contributed by atoms with van der Waals surface area (Å²) >= 11 is 0. The van der Waals surface area contributed by atoms with E-state index < -0.39 is 0 Å². The fourth-order valence-corrected chi connectivity index (χ4v) is 5.76. The van der Waals surface area contributed by atoms with Crippen LogP contribution in [0.1, 0.15) is 0 Å². The van der Waals surface area contributed by atoms with Crippen LogP contribution in [0.2, 0.25) is 0 Å². The molecule has 8 aromatic rings. The zero-order valence-electron chi connectivity index (χ0n) is 21.5. The summed E-state index contributed by atoms with van der Waals surface area (Å²) in [6, 6.07) is 42.4. The normalized spacial score (nSPS) is 11.5. The van der Waals surface area contributed by atoms with Crippen molar-refractivity contribution in [3.8, 4) is 33.6 Å². The Balaban J connectivity index is 1.25. The van der Waals surface area contributed by atoms with Gasteiger partial charge < -0.3 is 0 Å². The molecule has 8 rings (SSSR count). The Morgan fingerprint density at radius 2 is 1.02 bits per heavy atom. The van der Waals surface area contributed by atoms with E-state index in [4.69, 9.17) is 9.97 Å². The third-order valence-corrected chi connectivity index (χ3v) is 7.68. The van der Waals surface area contributed by atoms with Gasteiger partial charge in [-0.25, -0.2) is 19.9 Å². The van der Waals surface area contributed by atoms with E-state index in [1.807, 2.05) is 18.2 Å². The standard InChI is InChI=1S/C36H22N4/c1-2-9-28-23(7-1)8-5-12-30(28)36-32-13-6-11-29(35(32)39-22-40-36)26-17-15-25-20-27(18-16-24(25)19-26)34-31-10-3-4-14-33(31)37-21-38-34/h1-22H. The fraction of sp³-hybridized carbons (Fsp3) is 0.